The largest absolute Gasteiger partial charge is 0.308 e. The van der Waals surface area contributed by atoms with E-state index in [4.69, 9.17) is 4.98 Å². The predicted molar refractivity (Wildman–Crippen MR) is 395 cm³/mol. The van der Waals surface area contributed by atoms with E-state index in [0.717, 1.165) is 29.8 Å². The average molecular weight is 1190 g/mol. The van der Waals surface area contributed by atoms with Crippen molar-refractivity contribution in [3.8, 4) is 100 Å². The maximum Gasteiger partial charge on any atom is 0.0712 e. The van der Waals surface area contributed by atoms with E-state index in [-0.39, 0.29) is 0 Å². The van der Waals surface area contributed by atoms with Crippen LogP contribution in [0.3, 0.4) is 0 Å². The molecule has 5 aromatic heterocycles. The van der Waals surface area contributed by atoms with Gasteiger partial charge in [0.05, 0.1) is 44.5 Å². The first-order chi connectivity index (χ1) is 46.6. The Hall–Kier alpha value is -12.2. The summed E-state index contributed by atoms with van der Waals surface area (Å²) < 4.78 is 4.92. The number of para-hydroxylation sites is 4. The average Bonchev–Trinajstić information content (AvgIpc) is 1.56. The van der Waals surface area contributed by atoms with E-state index in [1.807, 2.05) is 0 Å². The van der Waals surface area contributed by atoms with Crippen LogP contribution in [0.1, 0.15) is 22.3 Å². The van der Waals surface area contributed by atoms with Crippen molar-refractivity contribution < 1.29 is 0 Å². The molecular weight excluding hydrogens is 1140 g/mol. The second-order valence-corrected chi connectivity index (χ2v) is 25.6. The molecule has 0 saturated carbocycles. The second kappa shape index (κ2) is 20.7. The summed E-state index contributed by atoms with van der Waals surface area (Å²) in [7, 11) is 0. The van der Waals surface area contributed by atoms with Crippen LogP contribution in [0.4, 0.5) is 0 Å². The van der Waals surface area contributed by atoms with E-state index in [1.54, 1.807) is 0 Å². The van der Waals surface area contributed by atoms with Crippen LogP contribution in [0.5, 0.6) is 0 Å². The first-order valence-corrected chi connectivity index (χ1v) is 32.8. The van der Waals surface area contributed by atoms with Gasteiger partial charge in [0.1, 0.15) is 0 Å². The fourth-order valence-corrected chi connectivity index (χ4v) is 16.4. The lowest BCUT2D eigenvalue weighted by molar-refractivity contribution is 1.24. The number of aromatic nitrogens is 3. The second-order valence-electron chi connectivity index (χ2n) is 25.6. The normalized spacial score (nSPS) is 12.4. The zero-order chi connectivity index (χ0) is 61.5. The Morgan fingerprint density at radius 3 is 1.13 bits per heavy atom. The summed E-state index contributed by atoms with van der Waals surface area (Å²) in [4.78, 5) is 5.34. The number of hydrogen-bond donors (Lipinski definition) is 0. The molecule has 0 aliphatic heterocycles. The summed E-state index contributed by atoms with van der Waals surface area (Å²) in [6.45, 7) is 0. The zero-order valence-electron chi connectivity index (χ0n) is 51.4. The summed E-state index contributed by atoms with van der Waals surface area (Å²) in [5.41, 5.74) is 35.7. The highest BCUT2D eigenvalue weighted by atomic mass is 14.9. The van der Waals surface area contributed by atoms with Gasteiger partial charge in [-0.05, 0) is 162 Å². The van der Waals surface area contributed by atoms with Gasteiger partial charge in [0.15, 0.2) is 0 Å². The van der Waals surface area contributed by atoms with E-state index in [2.05, 4.69) is 330 Å². The minimum atomic E-state index is 0.886. The van der Waals surface area contributed by atoms with Crippen molar-refractivity contribution in [2.75, 3.05) is 0 Å². The van der Waals surface area contributed by atoms with E-state index in [0.29, 0.717) is 0 Å². The summed E-state index contributed by atoms with van der Waals surface area (Å²) in [6, 6.07) is 118. The number of nitrogens with zero attached hydrogens (tertiary/aromatic N) is 3. The van der Waals surface area contributed by atoms with Crippen molar-refractivity contribution in [2.45, 2.75) is 12.8 Å². The van der Waals surface area contributed by atoms with Gasteiger partial charge in [0.25, 0.3) is 0 Å². The molecule has 0 atom stereocenters. The summed E-state index contributed by atoms with van der Waals surface area (Å²) in [6.07, 6.45) is 1.81. The predicted octanol–water partition coefficient (Wildman–Crippen LogP) is 23.9. The Bertz CT molecular complexity index is 6250. The monoisotopic (exact) mass is 1190 g/mol. The molecule has 3 heteroatoms. The molecule has 0 saturated heterocycles. The molecule has 0 N–H and O–H groups in total. The number of pyridine rings is 1. The fraction of sp³-hybridized carbons (Fsp3) is 0.0220. The van der Waals surface area contributed by atoms with Crippen molar-refractivity contribution in [2.24, 2.45) is 0 Å². The minimum Gasteiger partial charge on any atom is -0.308 e. The highest BCUT2D eigenvalue weighted by Gasteiger charge is 2.29. The van der Waals surface area contributed by atoms with Crippen LogP contribution in [0.2, 0.25) is 0 Å². The molecular formula is C91H57N3. The van der Waals surface area contributed by atoms with Crippen molar-refractivity contribution in [1.82, 2.24) is 13.8 Å². The summed E-state index contributed by atoms with van der Waals surface area (Å²) in [5, 5.41) is 10.5. The Labute approximate surface area is 543 Å². The quantitative estimate of drug-likeness (QED) is 0.156. The van der Waals surface area contributed by atoms with Gasteiger partial charge in [-0.2, -0.15) is 0 Å². The number of benzene rings is 14. The summed E-state index contributed by atoms with van der Waals surface area (Å²) in [5.74, 6) is 0. The number of fused-ring (bicyclic) bond motifs is 18. The molecule has 0 amide bonds. The molecule has 0 unspecified atom stereocenters. The standard InChI is InChI=1S/C48H30N2.C43H27N/c1-2-10-30(11-3-1)31-22-24-32(25-23-31)34-13-6-14-35-36-15-7-16-37(43(36)29-42(34)35)45-20-9-19-44(49-45)33-26-27-39-41-18-8-17-40-38-12-4-5-21-46(38)50(48(40)41)47(39)28-33;1-3-11-27(12-4-1)30-23-37(28-13-5-2-6-14-28)40-26-39-31(16-9-17-32(39)38(40)24-30)29-21-22-34-36-19-10-18-35-33-15-7-8-20-41(33)44(43(35)36)42(34)25-29/h1-28H,29H2;1-25H,26H2. The molecule has 0 bridgehead atoms. The molecule has 21 rings (SSSR count). The number of rotatable bonds is 7. The van der Waals surface area contributed by atoms with Crippen LogP contribution in [0.15, 0.2) is 322 Å². The maximum atomic E-state index is 5.34. The third-order valence-corrected chi connectivity index (χ3v) is 20.6. The Kier molecular flexibility index (Phi) is 11.6. The van der Waals surface area contributed by atoms with Crippen LogP contribution in [0.25, 0.3) is 177 Å². The molecule has 3 nitrogen and oxygen atoms in total. The minimum absolute atomic E-state index is 0.886. The topological polar surface area (TPSA) is 21.7 Å². The summed E-state index contributed by atoms with van der Waals surface area (Å²) >= 11 is 0. The van der Waals surface area contributed by atoms with Crippen LogP contribution in [-0.2, 0) is 12.8 Å². The third-order valence-electron chi connectivity index (χ3n) is 20.6. The van der Waals surface area contributed by atoms with Gasteiger partial charge in [-0.3, -0.25) is 0 Å². The SMILES string of the molecule is c1ccc(-c2cc(-c3ccccc3)c3c(c2)-c2cccc(-c4ccc5c6cccc7c8ccccc8n(c5c4)c76)c2C3)cc1.c1ccc(-c2ccc(-c3cccc4c3Cc3c(-c5cccc(-c6ccc7c8cccc9c%10ccccc%10n(c7c6)c98)n5)cccc3-4)cc2)cc1. The van der Waals surface area contributed by atoms with Gasteiger partial charge in [0, 0.05) is 54.2 Å². The fourth-order valence-electron chi connectivity index (χ4n) is 16.4. The lowest BCUT2D eigenvalue weighted by Gasteiger charge is -2.13. The zero-order valence-corrected chi connectivity index (χ0v) is 51.4. The Morgan fingerprint density at radius 2 is 0.543 bits per heavy atom. The van der Waals surface area contributed by atoms with Crippen molar-refractivity contribution in [3.05, 3.63) is 344 Å². The van der Waals surface area contributed by atoms with Crippen LogP contribution >= 0.6 is 0 Å². The van der Waals surface area contributed by atoms with Crippen molar-refractivity contribution in [1.29, 1.82) is 0 Å². The van der Waals surface area contributed by atoms with Crippen molar-refractivity contribution >= 4 is 76.2 Å². The third kappa shape index (κ3) is 7.95. The Morgan fingerprint density at radius 1 is 0.191 bits per heavy atom. The highest BCUT2D eigenvalue weighted by Crippen LogP contribution is 2.50. The molecule has 2 aliphatic rings. The lowest BCUT2D eigenvalue weighted by atomic mass is 9.91. The molecule has 0 radical (unpaired) electrons. The Balaban J connectivity index is 0.000000130. The van der Waals surface area contributed by atoms with Crippen LogP contribution < -0.4 is 0 Å². The van der Waals surface area contributed by atoms with Gasteiger partial charge in [-0.1, -0.05) is 273 Å². The van der Waals surface area contributed by atoms with E-state index in [9.17, 15) is 0 Å². The van der Waals surface area contributed by atoms with Gasteiger partial charge >= 0.3 is 0 Å². The van der Waals surface area contributed by atoms with E-state index < -0.39 is 0 Å². The molecule has 436 valence electrons. The van der Waals surface area contributed by atoms with E-state index >= 15 is 0 Å². The van der Waals surface area contributed by atoms with Gasteiger partial charge < -0.3 is 8.80 Å². The van der Waals surface area contributed by atoms with Gasteiger partial charge in [-0.25, -0.2) is 4.98 Å². The smallest absolute Gasteiger partial charge is 0.0712 e. The molecule has 2 aliphatic carbocycles. The molecule has 14 aromatic carbocycles. The van der Waals surface area contributed by atoms with Gasteiger partial charge in [-0.15, -0.1) is 0 Å². The van der Waals surface area contributed by atoms with Crippen LogP contribution in [-0.4, -0.2) is 13.8 Å². The molecule has 5 heterocycles. The van der Waals surface area contributed by atoms with Gasteiger partial charge in [0.2, 0.25) is 0 Å². The van der Waals surface area contributed by atoms with E-state index in [1.165, 1.54) is 182 Å². The van der Waals surface area contributed by atoms with Crippen molar-refractivity contribution in [3.63, 3.8) is 0 Å². The molecule has 94 heavy (non-hydrogen) atoms. The van der Waals surface area contributed by atoms with Crippen LogP contribution in [0, 0.1) is 0 Å². The first kappa shape index (κ1) is 52.6. The lowest BCUT2D eigenvalue weighted by Crippen LogP contribution is -1.93. The molecule has 0 fully saturated rings. The number of hydrogen-bond acceptors (Lipinski definition) is 1. The molecule has 19 aromatic rings. The maximum absolute atomic E-state index is 5.34. The highest BCUT2D eigenvalue weighted by molar-refractivity contribution is 6.25. The first-order valence-electron chi connectivity index (χ1n) is 32.8. The molecule has 0 spiro atoms.